The lowest BCUT2D eigenvalue weighted by Gasteiger charge is -2.32. The molecule has 218 valence electrons. The number of rotatable bonds is 6. The van der Waals surface area contributed by atoms with Gasteiger partial charge in [-0.25, -0.2) is 14.4 Å². The molecule has 1 saturated heterocycles. The summed E-state index contributed by atoms with van der Waals surface area (Å²) in [6.45, 7) is 23.6. The second-order valence-electron chi connectivity index (χ2n) is 13.0. The Hall–Kier alpha value is -2.59. The SMILES string of the molecule is CCOC(=O)C(Cc1cc(C)c(C)cc1B1OC(C)(C)C(C)(C)O1)N(C(=O)OC(C)(C)C)C(=O)OC(C)(C)C. The van der Waals surface area contributed by atoms with Crippen LogP contribution < -0.4 is 5.46 Å². The molecular weight excluding hydrogens is 501 g/mol. The molecule has 1 atom stereocenters. The van der Waals surface area contributed by atoms with E-state index in [1.165, 1.54) is 0 Å². The Morgan fingerprint density at radius 2 is 1.31 bits per heavy atom. The number of carbonyl (C=O) groups is 3. The summed E-state index contributed by atoms with van der Waals surface area (Å²) in [5.74, 6) is -0.757. The van der Waals surface area contributed by atoms with Crippen LogP contribution in [0.5, 0.6) is 0 Å². The number of carbonyl (C=O) groups excluding carboxylic acids is 3. The van der Waals surface area contributed by atoms with Crippen molar-refractivity contribution in [1.82, 2.24) is 4.90 Å². The first-order valence-corrected chi connectivity index (χ1v) is 13.5. The van der Waals surface area contributed by atoms with Crippen LogP contribution in [0.15, 0.2) is 12.1 Å². The van der Waals surface area contributed by atoms with E-state index in [2.05, 4.69) is 0 Å². The predicted octanol–water partition coefficient (Wildman–Crippen LogP) is 5.25. The van der Waals surface area contributed by atoms with Gasteiger partial charge in [0.05, 0.1) is 17.8 Å². The minimum atomic E-state index is -1.36. The van der Waals surface area contributed by atoms with E-state index in [4.69, 9.17) is 23.5 Å². The standard InChI is InChI=1S/C29H46BNO8/c1-14-35-23(32)22(31(24(33)36-26(4,5)6)25(34)37-27(7,8)9)17-20-15-18(2)19(3)16-21(20)30-38-28(10,11)29(12,13)39-30/h15-16,22H,14,17H2,1-13H3. The zero-order valence-electron chi connectivity index (χ0n) is 25.9. The van der Waals surface area contributed by atoms with Crippen molar-refractivity contribution in [3.05, 3.63) is 28.8 Å². The number of esters is 1. The van der Waals surface area contributed by atoms with Crippen LogP contribution in [0.4, 0.5) is 9.59 Å². The zero-order valence-corrected chi connectivity index (χ0v) is 25.9. The molecule has 2 rings (SSSR count). The van der Waals surface area contributed by atoms with Crippen LogP contribution in [-0.2, 0) is 34.7 Å². The maximum absolute atomic E-state index is 13.4. The molecule has 0 aliphatic carbocycles. The van der Waals surface area contributed by atoms with Crippen molar-refractivity contribution in [2.75, 3.05) is 6.61 Å². The maximum atomic E-state index is 13.4. The minimum Gasteiger partial charge on any atom is -0.464 e. The molecule has 2 amide bonds. The number of imide groups is 1. The molecule has 0 saturated carbocycles. The van der Waals surface area contributed by atoms with E-state index in [9.17, 15) is 14.4 Å². The first-order valence-electron chi connectivity index (χ1n) is 13.5. The molecule has 0 aromatic heterocycles. The lowest BCUT2D eigenvalue weighted by Crippen LogP contribution is -2.54. The maximum Gasteiger partial charge on any atom is 0.495 e. The van der Waals surface area contributed by atoms with Gasteiger partial charge in [-0.2, -0.15) is 4.90 Å². The van der Waals surface area contributed by atoms with Crippen molar-refractivity contribution < 1.29 is 37.9 Å². The van der Waals surface area contributed by atoms with Gasteiger partial charge in [-0.05, 0) is 112 Å². The third kappa shape index (κ3) is 8.21. The van der Waals surface area contributed by atoms with Gasteiger partial charge in [-0.3, -0.25) is 0 Å². The lowest BCUT2D eigenvalue weighted by molar-refractivity contribution is -0.149. The van der Waals surface area contributed by atoms with Crippen LogP contribution in [0.25, 0.3) is 0 Å². The number of hydrogen-bond acceptors (Lipinski definition) is 8. The lowest BCUT2D eigenvalue weighted by atomic mass is 9.73. The van der Waals surface area contributed by atoms with E-state index in [1.54, 1.807) is 48.5 Å². The van der Waals surface area contributed by atoms with Gasteiger partial charge in [0.2, 0.25) is 0 Å². The van der Waals surface area contributed by atoms with Crippen molar-refractivity contribution in [3.63, 3.8) is 0 Å². The van der Waals surface area contributed by atoms with Crippen LogP contribution in [0.1, 0.15) is 92.9 Å². The van der Waals surface area contributed by atoms with Crippen LogP contribution in [0.2, 0.25) is 0 Å². The molecule has 0 spiro atoms. The van der Waals surface area contributed by atoms with Crippen molar-refractivity contribution in [2.45, 2.75) is 125 Å². The van der Waals surface area contributed by atoms with Crippen molar-refractivity contribution in [2.24, 2.45) is 0 Å². The molecule has 1 fully saturated rings. The van der Waals surface area contributed by atoms with E-state index >= 15 is 0 Å². The molecule has 1 aromatic rings. The minimum absolute atomic E-state index is 0.0577. The fourth-order valence-corrected chi connectivity index (χ4v) is 3.94. The number of hydrogen-bond donors (Lipinski definition) is 0. The predicted molar refractivity (Wildman–Crippen MR) is 150 cm³/mol. The van der Waals surface area contributed by atoms with E-state index in [-0.39, 0.29) is 13.0 Å². The average molecular weight is 547 g/mol. The molecule has 9 nitrogen and oxygen atoms in total. The second kappa shape index (κ2) is 11.5. The van der Waals surface area contributed by atoms with Crippen molar-refractivity contribution in [1.29, 1.82) is 0 Å². The Kier molecular flexibility index (Phi) is 9.61. The number of aryl methyl sites for hydroxylation is 2. The highest BCUT2D eigenvalue weighted by Gasteiger charge is 2.52. The Balaban J connectivity index is 2.66. The summed E-state index contributed by atoms with van der Waals surface area (Å²) in [6.07, 6.45) is -2.07. The fraction of sp³-hybridized carbons (Fsp3) is 0.690. The van der Waals surface area contributed by atoms with Gasteiger partial charge in [-0.1, -0.05) is 12.1 Å². The normalized spacial score (nSPS) is 17.4. The van der Waals surface area contributed by atoms with Crippen LogP contribution in [-0.4, -0.2) is 65.2 Å². The first-order chi connectivity index (χ1) is 17.6. The molecule has 0 radical (unpaired) electrons. The number of amides is 2. The first kappa shape index (κ1) is 32.6. The summed E-state index contributed by atoms with van der Waals surface area (Å²) in [7, 11) is -0.719. The smallest absolute Gasteiger partial charge is 0.464 e. The number of benzene rings is 1. The van der Waals surface area contributed by atoms with E-state index in [1.807, 2.05) is 53.7 Å². The quantitative estimate of drug-likeness (QED) is 0.271. The van der Waals surface area contributed by atoms with E-state index < -0.39 is 53.7 Å². The number of nitrogens with zero attached hydrogens (tertiary/aromatic N) is 1. The van der Waals surface area contributed by atoms with Gasteiger partial charge in [0, 0.05) is 6.42 Å². The van der Waals surface area contributed by atoms with Gasteiger partial charge >= 0.3 is 25.3 Å². The van der Waals surface area contributed by atoms with Gasteiger partial charge in [0.25, 0.3) is 0 Å². The van der Waals surface area contributed by atoms with Gasteiger partial charge in [0.15, 0.2) is 0 Å². The second-order valence-corrected chi connectivity index (χ2v) is 13.0. The summed E-state index contributed by atoms with van der Waals surface area (Å²) in [5.41, 5.74) is 0.323. The largest absolute Gasteiger partial charge is 0.495 e. The molecule has 0 bridgehead atoms. The molecule has 1 unspecified atom stereocenters. The van der Waals surface area contributed by atoms with Crippen molar-refractivity contribution >= 4 is 30.7 Å². The Labute approximate surface area is 234 Å². The average Bonchev–Trinajstić information content (AvgIpc) is 2.94. The molecular formula is C29H46BNO8. The highest BCUT2D eigenvalue weighted by atomic mass is 16.7. The molecule has 0 N–H and O–H groups in total. The number of ether oxygens (including phenoxy) is 3. The van der Waals surface area contributed by atoms with Gasteiger partial charge in [0.1, 0.15) is 17.2 Å². The highest BCUT2D eigenvalue weighted by Crippen LogP contribution is 2.37. The third-order valence-corrected chi connectivity index (χ3v) is 6.73. The molecule has 39 heavy (non-hydrogen) atoms. The Morgan fingerprint density at radius 1 is 0.872 bits per heavy atom. The van der Waals surface area contributed by atoms with Gasteiger partial charge < -0.3 is 23.5 Å². The van der Waals surface area contributed by atoms with Crippen LogP contribution in [0.3, 0.4) is 0 Å². The summed E-state index contributed by atoms with van der Waals surface area (Å²) in [4.78, 5) is 40.9. The monoisotopic (exact) mass is 547 g/mol. The summed E-state index contributed by atoms with van der Waals surface area (Å²) in [6, 6.07) is 2.52. The van der Waals surface area contributed by atoms with Crippen molar-refractivity contribution in [3.8, 4) is 0 Å². The molecule has 1 heterocycles. The summed E-state index contributed by atoms with van der Waals surface area (Å²) < 4.78 is 29.1. The molecule has 1 aliphatic heterocycles. The van der Waals surface area contributed by atoms with E-state index in [0.29, 0.717) is 11.0 Å². The molecule has 10 heteroatoms. The summed E-state index contributed by atoms with van der Waals surface area (Å²) >= 11 is 0. The Morgan fingerprint density at radius 3 is 1.72 bits per heavy atom. The summed E-state index contributed by atoms with van der Waals surface area (Å²) in [5, 5.41) is 0. The third-order valence-electron chi connectivity index (χ3n) is 6.73. The molecule has 1 aliphatic rings. The van der Waals surface area contributed by atoms with E-state index in [0.717, 1.165) is 16.0 Å². The zero-order chi connectivity index (χ0) is 30.1. The molecule has 1 aromatic carbocycles. The van der Waals surface area contributed by atoms with Gasteiger partial charge in [-0.15, -0.1) is 0 Å². The van der Waals surface area contributed by atoms with Crippen LogP contribution >= 0.6 is 0 Å². The Bertz CT molecular complexity index is 1040. The topological polar surface area (TPSA) is 101 Å². The van der Waals surface area contributed by atoms with Crippen LogP contribution in [0, 0.1) is 13.8 Å². The fourth-order valence-electron chi connectivity index (χ4n) is 3.94. The highest BCUT2D eigenvalue weighted by molar-refractivity contribution is 6.62.